The highest BCUT2D eigenvalue weighted by molar-refractivity contribution is 6.06. The van der Waals surface area contributed by atoms with Crippen LogP contribution in [0.25, 0.3) is 0 Å². The molecule has 1 aromatic carbocycles. The molecule has 2 saturated heterocycles. The van der Waals surface area contributed by atoms with Crippen LogP contribution in [-0.4, -0.2) is 90.7 Å². The zero-order chi connectivity index (χ0) is 27.3. The smallest absolute Gasteiger partial charge is 0.407 e. The number of alkyl carbamates (subject to hydrolysis) is 1. The third-order valence-corrected chi connectivity index (χ3v) is 7.00. The molecule has 38 heavy (non-hydrogen) atoms. The molecule has 0 aromatic heterocycles. The molecule has 3 aliphatic rings. The van der Waals surface area contributed by atoms with E-state index >= 15 is 0 Å². The molecule has 11 nitrogen and oxygen atoms in total. The summed E-state index contributed by atoms with van der Waals surface area (Å²) in [5, 5.41) is 8.65. The first kappa shape index (κ1) is 27.8. The minimum atomic E-state index is -0.623. The second kappa shape index (κ2) is 12.1. The monoisotopic (exact) mass is 529 g/mol. The molecule has 0 spiro atoms. The number of likely N-dealkylation sites (tertiary alicyclic amines) is 1. The van der Waals surface area contributed by atoms with Gasteiger partial charge in [-0.1, -0.05) is 6.07 Å². The number of hydrogen-bond acceptors (Lipinski definition) is 8. The lowest BCUT2D eigenvalue weighted by molar-refractivity contribution is -0.136. The third-order valence-electron chi connectivity index (χ3n) is 7.00. The van der Waals surface area contributed by atoms with Gasteiger partial charge in [0, 0.05) is 62.0 Å². The molecular formula is C27H39N5O6. The van der Waals surface area contributed by atoms with Crippen LogP contribution in [0.3, 0.4) is 0 Å². The Morgan fingerprint density at radius 2 is 1.87 bits per heavy atom. The Hall–Kier alpha value is -3.18. The number of amides is 4. The van der Waals surface area contributed by atoms with Gasteiger partial charge in [0.05, 0.1) is 13.2 Å². The van der Waals surface area contributed by atoms with Gasteiger partial charge in [-0.15, -0.1) is 0 Å². The van der Waals surface area contributed by atoms with Crippen LogP contribution in [0.15, 0.2) is 18.2 Å². The zero-order valence-electron chi connectivity index (χ0n) is 22.5. The van der Waals surface area contributed by atoms with Gasteiger partial charge < -0.3 is 29.9 Å². The highest BCUT2D eigenvalue weighted by Crippen LogP contribution is 2.32. The molecule has 0 aliphatic carbocycles. The van der Waals surface area contributed by atoms with Gasteiger partial charge in [-0.2, -0.15) is 0 Å². The van der Waals surface area contributed by atoms with Crippen LogP contribution in [0, 0.1) is 0 Å². The van der Waals surface area contributed by atoms with Crippen molar-refractivity contribution in [2.45, 2.75) is 70.7 Å². The number of fused-ring (bicyclic) bond motifs is 1. The summed E-state index contributed by atoms with van der Waals surface area (Å²) in [7, 11) is 0. The maximum Gasteiger partial charge on any atom is 0.407 e. The molecule has 0 radical (unpaired) electrons. The maximum absolute atomic E-state index is 12.9. The van der Waals surface area contributed by atoms with Crippen LogP contribution >= 0.6 is 0 Å². The van der Waals surface area contributed by atoms with Gasteiger partial charge in [0.2, 0.25) is 11.8 Å². The summed E-state index contributed by atoms with van der Waals surface area (Å²) in [5.41, 5.74) is 1.81. The van der Waals surface area contributed by atoms with Crippen LogP contribution in [0.5, 0.6) is 0 Å². The fourth-order valence-electron chi connectivity index (χ4n) is 5.08. The van der Waals surface area contributed by atoms with Crippen LogP contribution in [0.2, 0.25) is 0 Å². The van der Waals surface area contributed by atoms with Gasteiger partial charge in [-0.25, -0.2) is 4.79 Å². The number of rotatable bonds is 9. The van der Waals surface area contributed by atoms with Gasteiger partial charge in [-0.05, 0) is 52.2 Å². The van der Waals surface area contributed by atoms with E-state index in [2.05, 4.69) is 20.9 Å². The number of piperidine rings is 2. The van der Waals surface area contributed by atoms with Crippen molar-refractivity contribution in [3.63, 3.8) is 0 Å². The Kier molecular flexibility index (Phi) is 8.88. The topological polar surface area (TPSA) is 129 Å². The molecule has 11 heteroatoms. The summed E-state index contributed by atoms with van der Waals surface area (Å²) in [4.78, 5) is 52.5. The normalized spacial score (nSPS) is 20.8. The van der Waals surface area contributed by atoms with E-state index in [0.717, 1.165) is 43.7 Å². The molecule has 3 heterocycles. The largest absolute Gasteiger partial charge is 0.444 e. The molecule has 1 aromatic rings. The summed E-state index contributed by atoms with van der Waals surface area (Å²) in [6.45, 7) is 10.3. The summed E-state index contributed by atoms with van der Waals surface area (Å²) < 4.78 is 11.2. The first-order valence-corrected chi connectivity index (χ1v) is 13.4. The van der Waals surface area contributed by atoms with Crippen molar-refractivity contribution in [1.82, 2.24) is 20.4 Å². The molecule has 4 rings (SSSR count). The average molecular weight is 530 g/mol. The molecule has 4 amide bonds. The number of nitrogens with one attached hydrogen (secondary N) is 3. The Balaban J connectivity index is 1.14. The Morgan fingerprint density at radius 1 is 1.11 bits per heavy atom. The van der Waals surface area contributed by atoms with E-state index in [-0.39, 0.29) is 30.4 Å². The second-order valence-corrected chi connectivity index (χ2v) is 11.0. The van der Waals surface area contributed by atoms with Crippen molar-refractivity contribution < 1.29 is 28.7 Å². The summed E-state index contributed by atoms with van der Waals surface area (Å²) >= 11 is 0. The Morgan fingerprint density at radius 3 is 2.58 bits per heavy atom. The van der Waals surface area contributed by atoms with Crippen LogP contribution in [-0.2, 0) is 25.6 Å². The fraction of sp³-hybridized carbons (Fsp3) is 0.630. The lowest BCUT2D eigenvalue weighted by Crippen LogP contribution is -2.52. The number of benzene rings is 1. The number of anilines is 1. The molecule has 2 fully saturated rings. The molecule has 3 N–H and O–H groups in total. The van der Waals surface area contributed by atoms with Crippen molar-refractivity contribution in [1.29, 1.82) is 0 Å². The van der Waals surface area contributed by atoms with Crippen LogP contribution in [0.4, 0.5) is 10.5 Å². The molecular weight excluding hydrogens is 490 g/mol. The van der Waals surface area contributed by atoms with Gasteiger partial charge in [0.15, 0.2) is 0 Å². The van der Waals surface area contributed by atoms with Gasteiger partial charge >= 0.3 is 6.09 Å². The van der Waals surface area contributed by atoms with Gasteiger partial charge in [0.25, 0.3) is 5.91 Å². The zero-order valence-corrected chi connectivity index (χ0v) is 22.5. The van der Waals surface area contributed by atoms with E-state index in [9.17, 15) is 19.2 Å². The van der Waals surface area contributed by atoms with Crippen molar-refractivity contribution in [3.05, 3.63) is 29.3 Å². The lowest BCUT2D eigenvalue weighted by atomic mass is 10.0. The lowest BCUT2D eigenvalue weighted by Gasteiger charge is -2.32. The first-order chi connectivity index (χ1) is 18.1. The van der Waals surface area contributed by atoms with E-state index in [1.54, 1.807) is 11.0 Å². The van der Waals surface area contributed by atoms with Gasteiger partial charge in [0.1, 0.15) is 11.6 Å². The van der Waals surface area contributed by atoms with E-state index in [0.29, 0.717) is 38.3 Å². The number of imide groups is 1. The SMILES string of the molecule is CC(C)(C)OC(=O)NC1CCN(CCOCCNc2cccc3c2CN(C2CCC(=O)NC2=O)C3=O)CC1. The average Bonchev–Trinajstić information content (AvgIpc) is 3.18. The maximum atomic E-state index is 12.9. The number of hydrogen-bond donors (Lipinski definition) is 3. The van der Waals surface area contributed by atoms with Gasteiger partial charge in [-0.3, -0.25) is 19.7 Å². The number of ether oxygens (including phenoxy) is 2. The third kappa shape index (κ3) is 7.22. The molecule has 0 saturated carbocycles. The van der Waals surface area contributed by atoms with Crippen LogP contribution in [0.1, 0.15) is 62.4 Å². The van der Waals surface area contributed by atoms with Crippen molar-refractivity contribution in [2.24, 2.45) is 0 Å². The second-order valence-electron chi connectivity index (χ2n) is 11.0. The first-order valence-electron chi connectivity index (χ1n) is 13.4. The summed E-state index contributed by atoms with van der Waals surface area (Å²) in [5.74, 6) is -0.884. The number of carbonyl (C=O) groups is 4. The summed E-state index contributed by atoms with van der Waals surface area (Å²) in [6, 6.07) is 5.04. The standard InChI is InChI=1S/C27H39N5O6/c1-27(2,3)38-26(36)29-18-9-12-31(13-10-18)14-16-37-15-11-28-21-6-4-5-19-20(21)17-32(25(19)35)22-7-8-23(33)30-24(22)34/h4-6,18,22,28H,7-17H2,1-3H3,(H,29,36)(H,30,33,34). The van der Waals surface area contributed by atoms with E-state index in [1.807, 2.05) is 32.9 Å². The summed E-state index contributed by atoms with van der Waals surface area (Å²) in [6.07, 6.45) is 1.99. The number of nitrogens with zero attached hydrogens (tertiary/aromatic N) is 2. The Labute approximate surface area is 223 Å². The highest BCUT2D eigenvalue weighted by Gasteiger charge is 2.39. The molecule has 1 unspecified atom stereocenters. The fourth-order valence-corrected chi connectivity index (χ4v) is 5.08. The van der Waals surface area contributed by atoms with E-state index in [1.165, 1.54) is 0 Å². The number of carbonyl (C=O) groups excluding carboxylic acids is 4. The van der Waals surface area contributed by atoms with Crippen molar-refractivity contribution in [3.8, 4) is 0 Å². The Bertz CT molecular complexity index is 1050. The van der Waals surface area contributed by atoms with Crippen LogP contribution < -0.4 is 16.0 Å². The van der Waals surface area contributed by atoms with Crippen molar-refractivity contribution in [2.75, 3.05) is 44.7 Å². The molecule has 0 bridgehead atoms. The molecule has 1 atom stereocenters. The quantitative estimate of drug-likeness (QED) is 0.327. The highest BCUT2D eigenvalue weighted by atomic mass is 16.6. The molecule has 3 aliphatic heterocycles. The van der Waals surface area contributed by atoms with E-state index in [4.69, 9.17) is 9.47 Å². The minimum Gasteiger partial charge on any atom is -0.444 e. The minimum absolute atomic E-state index is 0.136. The van der Waals surface area contributed by atoms with E-state index < -0.39 is 17.6 Å². The predicted octanol–water partition coefficient (Wildman–Crippen LogP) is 1.87. The molecule has 208 valence electrons. The predicted molar refractivity (Wildman–Crippen MR) is 141 cm³/mol. The van der Waals surface area contributed by atoms with Crippen molar-refractivity contribution >= 4 is 29.5 Å².